The first-order valence-corrected chi connectivity index (χ1v) is 8.73. The van der Waals surface area contributed by atoms with Gasteiger partial charge in [-0.15, -0.1) is 0 Å². The van der Waals surface area contributed by atoms with Crippen LogP contribution in [0.2, 0.25) is 0 Å². The minimum atomic E-state index is 0.536. The maximum absolute atomic E-state index is 3.69. The van der Waals surface area contributed by atoms with Crippen molar-refractivity contribution in [3.63, 3.8) is 0 Å². The van der Waals surface area contributed by atoms with Crippen molar-refractivity contribution in [2.24, 2.45) is 0 Å². The topological polar surface area (TPSA) is 15.3 Å². The summed E-state index contributed by atoms with van der Waals surface area (Å²) >= 11 is 3.61. The van der Waals surface area contributed by atoms with E-state index >= 15 is 0 Å². The van der Waals surface area contributed by atoms with Gasteiger partial charge in [0.2, 0.25) is 0 Å². The lowest BCUT2D eigenvalue weighted by Gasteiger charge is -2.44. The maximum atomic E-state index is 3.69. The largest absolute Gasteiger partial charge is 0.311 e. The molecular formula is C17H27BrN2. The van der Waals surface area contributed by atoms with Crippen molar-refractivity contribution in [2.75, 3.05) is 13.1 Å². The van der Waals surface area contributed by atoms with E-state index in [1.54, 1.807) is 0 Å². The Kier molecular flexibility index (Phi) is 6.06. The summed E-state index contributed by atoms with van der Waals surface area (Å²) in [6, 6.07) is 10.6. The molecule has 1 aliphatic heterocycles. The van der Waals surface area contributed by atoms with Gasteiger partial charge in [-0.05, 0) is 37.0 Å². The lowest BCUT2D eigenvalue weighted by Crippen LogP contribution is -2.56. The van der Waals surface area contributed by atoms with Crippen LogP contribution in [-0.2, 0) is 0 Å². The fourth-order valence-electron chi connectivity index (χ4n) is 3.30. The molecule has 1 saturated heterocycles. The zero-order valence-corrected chi connectivity index (χ0v) is 14.5. The van der Waals surface area contributed by atoms with Crippen LogP contribution in [0.4, 0.5) is 0 Å². The highest BCUT2D eigenvalue weighted by atomic mass is 79.9. The lowest BCUT2D eigenvalue weighted by atomic mass is 9.96. The van der Waals surface area contributed by atoms with Gasteiger partial charge in [0.15, 0.2) is 0 Å². The van der Waals surface area contributed by atoms with Gasteiger partial charge in [-0.3, -0.25) is 4.90 Å². The minimum absolute atomic E-state index is 0.536. The number of halogens is 1. The predicted molar refractivity (Wildman–Crippen MR) is 90.0 cm³/mol. The lowest BCUT2D eigenvalue weighted by molar-refractivity contribution is 0.0748. The van der Waals surface area contributed by atoms with Crippen molar-refractivity contribution in [3.8, 4) is 0 Å². The third-order valence-corrected chi connectivity index (χ3v) is 5.02. The second kappa shape index (κ2) is 7.58. The highest BCUT2D eigenvalue weighted by Gasteiger charge is 2.31. The second-order valence-corrected chi connectivity index (χ2v) is 6.67. The van der Waals surface area contributed by atoms with Gasteiger partial charge in [0.05, 0.1) is 0 Å². The summed E-state index contributed by atoms with van der Waals surface area (Å²) in [7, 11) is 0. The Hall–Kier alpha value is -0.380. The highest BCUT2D eigenvalue weighted by Crippen LogP contribution is 2.30. The van der Waals surface area contributed by atoms with Crippen molar-refractivity contribution in [2.45, 2.75) is 58.2 Å². The molecule has 0 aromatic heterocycles. The van der Waals surface area contributed by atoms with Crippen LogP contribution in [0.25, 0.3) is 0 Å². The summed E-state index contributed by atoms with van der Waals surface area (Å²) in [6.07, 6.45) is 3.60. The van der Waals surface area contributed by atoms with Crippen LogP contribution in [0.1, 0.15) is 51.6 Å². The van der Waals surface area contributed by atoms with Crippen LogP contribution < -0.4 is 5.32 Å². The number of hydrogen-bond donors (Lipinski definition) is 1. The Morgan fingerprint density at radius 3 is 2.70 bits per heavy atom. The van der Waals surface area contributed by atoms with Crippen LogP contribution in [0.3, 0.4) is 0 Å². The standard InChI is InChI=1S/C17H27BrN2/c1-4-15-12-20(16(5-2)11-19-15)17(6-3)13-8-7-9-14(18)10-13/h7-10,15-17,19H,4-6,11-12H2,1-3H3. The molecule has 20 heavy (non-hydrogen) atoms. The van der Waals surface area contributed by atoms with E-state index in [1.807, 2.05) is 0 Å². The Bertz CT molecular complexity index is 421. The fraction of sp³-hybridized carbons (Fsp3) is 0.647. The molecule has 1 aromatic carbocycles. The Morgan fingerprint density at radius 2 is 2.10 bits per heavy atom. The first-order chi connectivity index (χ1) is 9.69. The fourth-order valence-corrected chi connectivity index (χ4v) is 3.71. The van der Waals surface area contributed by atoms with E-state index in [0.29, 0.717) is 18.1 Å². The molecule has 0 saturated carbocycles. The van der Waals surface area contributed by atoms with E-state index in [1.165, 1.54) is 35.8 Å². The van der Waals surface area contributed by atoms with E-state index < -0.39 is 0 Å². The summed E-state index contributed by atoms with van der Waals surface area (Å²) < 4.78 is 1.18. The number of benzene rings is 1. The van der Waals surface area contributed by atoms with Gasteiger partial charge in [-0.2, -0.15) is 0 Å². The summed E-state index contributed by atoms with van der Waals surface area (Å²) in [4.78, 5) is 2.73. The van der Waals surface area contributed by atoms with Crippen LogP contribution >= 0.6 is 15.9 Å². The summed E-state index contributed by atoms with van der Waals surface area (Å²) in [5, 5.41) is 3.69. The van der Waals surface area contributed by atoms with Crippen molar-refractivity contribution in [1.29, 1.82) is 0 Å². The molecule has 1 fully saturated rings. The van der Waals surface area contributed by atoms with E-state index in [2.05, 4.69) is 71.2 Å². The van der Waals surface area contributed by atoms with Gasteiger partial charge >= 0.3 is 0 Å². The molecule has 0 aliphatic carbocycles. The first-order valence-electron chi connectivity index (χ1n) is 7.94. The van der Waals surface area contributed by atoms with Crippen LogP contribution in [-0.4, -0.2) is 30.1 Å². The highest BCUT2D eigenvalue weighted by molar-refractivity contribution is 9.10. The van der Waals surface area contributed by atoms with Gasteiger partial charge in [0.1, 0.15) is 0 Å². The Balaban J connectivity index is 2.23. The molecule has 0 radical (unpaired) electrons. The van der Waals surface area contributed by atoms with E-state index in [4.69, 9.17) is 0 Å². The van der Waals surface area contributed by atoms with Gasteiger partial charge in [-0.25, -0.2) is 0 Å². The Morgan fingerprint density at radius 1 is 1.30 bits per heavy atom. The molecule has 3 unspecified atom stereocenters. The minimum Gasteiger partial charge on any atom is -0.311 e. The monoisotopic (exact) mass is 338 g/mol. The molecule has 1 heterocycles. The van der Waals surface area contributed by atoms with Gasteiger partial charge in [-0.1, -0.05) is 48.8 Å². The van der Waals surface area contributed by atoms with Crippen molar-refractivity contribution in [1.82, 2.24) is 10.2 Å². The molecule has 1 aliphatic rings. The average molecular weight is 339 g/mol. The van der Waals surface area contributed by atoms with Crippen LogP contribution in [0.15, 0.2) is 28.7 Å². The van der Waals surface area contributed by atoms with Crippen LogP contribution in [0, 0.1) is 0 Å². The van der Waals surface area contributed by atoms with E-state index in [9.17, 15) is 0 Å². The number of rotatable bonds is 5. The molecule has 3 heteroatoms. The maximum Gasteiger partial charge on any atom is 0.0350 e. The molecule has 3 atom stereocenters. The molecular weight excluding hydrogens is 312 g/mol. The van der Waals surface area contributed by atoms with E-state index in [-0.39, 0.29) is 0 Å². The first kappa shape index (κ1) is 16.0. The zero-order chi connectivity index (χ0) is 14.5. The SMILES string of the molecule is CCC1CN(C(CC)c2cccc(Br)c2)C(CC)CN1. The zero-order valence-electron chi connectivity index (χ0n) is 12.9. The number of piperazine rings is 1. The molecule has 0 bridgehead atoms. The molecule has 112 valence electrons. The summed E-state index contributed by atoms with van der Waals surface area (Å²) in [6.45, 7) is 9.18. The third-order valence-electron chi connectivity index (χ3n) is 4.53. The Labute approximate surface area is 132 Å². The molecule has 0 spiro atoms. The average Bonchev–Trinajstić information content (AvgIpc) is 2.48. The van der Waals surface area contributed by atoms with Crippen LogP contribution in [0.5, 0.6) is 0 Å². The quantitative estimate of drug-likeness (QED) is 0.857. The summed E-state index contributed by atoms with van der Waals surface area (Å²) in [5.41, 5.74) is 1.44. The normalized spacial score (nSPS) is 25.6. The number of nitrogens with zero attached hydrogens (tertiary/aromatic N) is 1. The molecule has 2 rings (SSSR count). The summed E-state index contributed by atoms with van der Waals surface area (Å²) in [5.74, 6) is 0. The smallest absolute Gasteiger partial charge is 0.0350 e. The number of hydrogen-bond acceptors (Lipinski definition) is 2. The van der Waals surface area contributed by atoms with Gasteiger partial charge < -0.3 is 5.32 Å². The van der Waals surface area contributed by atoms with Gasteiger partial charge in [0.25, 0.3) is 0 Å². The van der Waals surface area contributed by atoms with E-state index in [0.717, 1.165) is 6.54 Å². The molecule has 0 amide bonds. The predicted octanol–water partition coefficient (Wildman–Crippen LogP) is 4.36. The third kappa shape index (κ3) is 3.63. The van der Waals surface area contributed by atoms with Crippen molar-refractivity contribution in [3.05, 3.63) is 34.3 Å². The van der Waals surface area contributed by atoms with Crippen molar-refractivity contribution < 1.29 is 0 Å². The molecule has 1 aromatic rings. The molecule has 2 nitrogen and oxygen atoms in total. The molecule has 1 N–H and O–H groups in total. The second-order valence-electron chi connectivity index (χ2n) is 5.75. The number of nitrogens with one attached hydrogen (secondary N) is 1. The van der Waals surface area contributed by atoms with Crippen molar-refractivity contribution >= 4 is 15.9 Å². The van der Waals surface area contributed by atoms with Gasteiger partial charge in [0, 0.05) is 35.7 Å².